The molecule has 4 aromatic carbocycles. The predicted molar refractivity (Wildman–Crippen MR) is 143 cm³/mol. The Morgan fingerprint density at radius 2 is 1.46 bits per heavy atom. The molecule has 4 atom stereocenters. The number of hydrogen-bond acceptors (Lipinski definition) is 4. The Balaban J connectivity index is 1.40. The van der Waals surface area contributed by atoms with E-state index in [1.807, 2.05) is 83.9 Å². The van der Waals surface area contributed by atoms with Crippen molar-refractivity contribution < 1.29 is 14.4 Å². The summed E-state index contributed by atoms with van der Waals surface area (Å²) in [7, 11) is 0. The molecule has 0 spiro atoms. The van der Waals surface area contributed by atoms with Crippen LogP contribution in [-0.2, 0) is 9.59 Å². The molecule has 0 saturated carbocycles. The van der Waals surface area contributed by atoms with Crippen LogP contribution in [0.3, 0.4) is 0 Å². The third-order valence-corrected chi connectivity index (χ3v) is 8.12. The maximum absolute atomic E-state index is 14.2. The van der Waals surface area contributed by atoms with Crippen LogP contribution in [0.4, 0.5) is 5.69 Å². The van der Waals surface area contributed by atoms with Gasteiger partial charge in [0.05, 0.1) is 23.6 Å². The summed E-state index contributed by atoms with van der Waals surface area (Å²) in [5, 5.41) is 2.30. The van der Waals surface area contributed by atoms with Crippen molar-refractivity contribution in [1.29, 1.82) is 0 Å². The fourth-order valence-corrected chi connectivity index (χ4v) is 6.41. The number of imide groups is 1. The Hall–Kier alpha value is -4.22. The average molecular weight is 505 g/mol. The molecule has 2 saturated heterocycles. The van der Waals surface area contributed by atoms with Gasteiger partial charge in [0.15, 0.2) is 5.78 Å². The number of rotatable bonds is 3. The maximum Gasteiger partial charge on any atom is 0.240 e. The van der Waals surface area contributed by atoms with Gasteiger partial charge in [0.1, 0.15) is 6.04 Å². The number of hydrogen-bond donors (Lipinski definition) is 0. The van der Waals surface area contributed by atoms with Crippen LogP contribution in [0.1, 0.15) is 27.5 Å². The Morgan fingerprint density at radius 3 is 2.30 bits per heavy atom. The zero-order valence-corrected chi connectivity index (χ0v) is 20.4. The first-order valence-corrected chi connectivity index (χ1v) is 12.6. The zero-order chi connectivity index (χ0) is 25.3. The number of benzene rings is 4. The number of nitrogens with zero attached hydrogens (tertiary/aromatic N) is 2. The van der Waals surface area contributed by atoms with E-state index in [1.165, 1.54) is 4.90 Å². The van der Waals surface area contributed by atoms with Gasteiger partial charge >= 0.3 is 0 Å². The van der Waals surface area contributed by atoms with E-state index in [4.69, 9.17) is 11.6 Å². The monoisotopic (exact) mass is 504 g/mol. The highest BCUT2D eigenvalue weighted by atomic mass is 35.5. The molecule has 2 fully saturated rings. The van der Waals surface area contributed by atoms with Crippen LogP contribution in [0, 0.1) is 11.8 Å². The maximum atomic E-state index is 14.2. The topological polar surface area (TPSA) is 57.7 Å². The standard InChI is InChI=1S/C31H21ClN2O3/c32-21-14-12-20(13-15-21)29(35)28-26-25(27-23-10-4-2-7-19(23)16-17-33(27)28)30(36)34(31(26)37)24-11-5-8-18-6-1-3-9-22(18)24/h1-17,25-28H/t25-,26+,27?,28-/m0/s1. The van der Waals surface area contributed by atoms with Crippen LogP contribution in [0.15, 0.2) is 97.2 Å². The zero-order valence-electron chi connectivity index (χ0n) is 19.6. The fraction of sp³-hybridized carbons (Fsp3) is 0.129. The Labute approximate surface area is 218 Å². The highest BCUT2D eigenvalue weighted by Crippen LogP contribution is 2.54. The summed E-state index contributed by atoms with van der Waals surface area (Å²) in [6.07, 6.45) is 3.82. The molecular weight excluding hydrogens is 484 g/mol. The second-order valence-corrected chi connectivity index (χ2v) is 10.2. The van der Waals surface area contributed by atoms with E-state index < -0.39 is 23.9 Å². The highest BCUT2D eigenvalue weighted by Gasteiger charge is 2.64. The van der Waals surface area contributed by atoms with E-state index in [0.29, 0.717) is 16.3 Å². The second kappa shape index (κ2) is 8.15. The lowest BCUT2D eigenvalue weighted by Gasteiger charge is -2.35. The lowest BCUT2D eigenvalue weighted by molar-refractivity contribution is -0.123. The van der Waals surface area contributed by atoms with Gasteiger partial charge in [-0.2, -0.15) is 0 Å². The number of carbonyl (C=O) groups excluding carboxylic acids is 3. The van der Waals surface area contributed by atoms with Crippen molar-refractivity contribution in [2.24, 2.45) is 11.8 Å². The summed E-state index contributed by atoms with van der Waals surface area (Å²) in [5.41, 5.74) is 2.97. The van der Waals surface area contributed by atoms with Crippen LogP contribution in [0.25, 0.3) is 16.8 Å². The van der Waals surface area contributed by atoms with Crippen LogP contribution < -0.4 is 4.90 Å². The molecule has 0 aliphatic carbocycles. The van der Waals surface area contributed by atoms with E-state index in [2.05, 4.69) is 0 Å². The van der Waals surface area contributed by atoms with Gasteiger partial charge in [-0.05, 0) is 52.9 Å². The van der Waals surface area contributed by atoms with Crippen molar-refractivity contribution in [3.63, 3.8) is 0 Å². The molecule has 3 aliphatic rings. The predicted octanol–water partition coefficient (Wildman–Crippen LogP) is 5.89. The molecule has 7 rings (SSSR count). The number of ketones is 1. The quantitative estimate of drug-likeness (QED) is 0.258. The van der Waals surface area contributed by atoms with E-state index >= 15 is 0 Å². The smallest absolute Gasteiger partial charge is 0.240 e. The fourth-order valence-electron chi connectivity index (χ4n) is 6.28. The molecule has 3 aliphatic heterocycles. The van der Waals surface area contributed by atoms with Gasteiger partial charge < -0.3 is 4.90 Å². The number of halogens is 1. The van der Waals surface area contributed by atoms with E-state index in [1.54, 1.807) is 24.3 Å². The van der Waals surface area contributed by atoms with E-state index in [9.17, 15) is 14.4 Å². The molecule has 3 heterocycles. The molecule has 0 N–H and O–H groups in total. The highest BCUT2D eigenvalue weighted by molar-refractivity contribution is 6.30. The van der Waals surface area contributed by atoms with Gasteiger partial charge in [-0.3, -0.25) is 14.4 Å². The third-order valence-electron chi connectivity index (χ3n) is 7.87. The van der Waals surface area contributed by atoms with Crippen molar-refractivity contribution in [2.45, 2.75) is 12.1 Å². The molecule has 1 unspecified atom stereocenters. The van der Waals surface area contributed by atoms with Crippen molar-refractivity contribution in [3.8, 4) is 0 Å². The molecular formula is C31H21ClN2O3. The Morgan fingerprint density at radius 1 is 0.757 bits per heavy atom. The van der Waals surface area contributed by atoms with E-state index in [0.717, 1.165) is 21.9 Å². The lowest BCUT2D eigenvalue weighted by atomic mass is 9.83. The molecule has 37 heavy (non-hydrogen) atoms. The number of fused-ring (bicyclic) bond motifs is 6. The Kier molecular flexibility index (Phi) is 4.85. The number of anilines is 1. The SMILES string of the molecule is O=C(c1ccc(Cl)cc1)[C@@H]1[C@@H]2C(=O)N(c3cccc4ccccc34)C(=O)[C@@H]2C2c3ccccc3C=CN21. The summed E-state index contributed by atoms with van der Waals surface area (Å²) in [6.45, 7) is 0. The molecule has 180 valence electrons. The summed E-state index contributed by atoms with van der Waals surface area (Å²) in [5.74, 6) is -2.29. The van der Waals surface area contributed by atoms with Crippen molar-refractivity contribution in [2.75, 3.05) is 4.90 Å². The van der Waals surface area contributed by atoms with Gasteiger partial charge in [0, 0.05) is 22.2 Å². The van der Waals surface area contributed by atoms with Gasteiger partial charge in [-0.1, -0.05) is 72.3 Å². The van der Waals surface area contributed by atoms with Gasteiger partial charge in [-0.15, -0.1) is 0 Å². The van der Waals surface area contributed by atoms with Gasteiger partial charge in [-0.25, -0.2) is 4.90 Å². The average Bonchev–Trinajstić information content (AvgIpc) is 3.40. The summed E-state index contributed by atoms with van der Waals surface area (Å²) < 4.78 is 0. The molecule has 4 aromatic rings. The molecule has 6 heteroatoms. The molecule has 0 radical (unpaired) electrons. The lowest BCUT2D eigenvalue weighted by Crippen LogP contribution is -2.44. The minimum atomic E-state index is -0.810. The largest absolute Gasteiger partial charge is 0.358 e. The van der Waals surface area contributed by atoms with Gasteiger partial charge in [0.25, 0.3) is 0 Å². The van der Waals surface area contributed by atoms with Crippen LogP contribution in [-0.4, -0.2) is 28.5 Å². The minimum absolute atomic E-state index is 0.195. The summed E-state index contributed by atoms with van der Waals surface area (Å²) >= 11 is 6.07. The molecule has 0 aromatic heterocycles. The number of Topliss-reactive ketones (excluding diaryl/α,β-unsaturated/α-hetero) is 1. The van der Waals surface area contributed by atoms with E-state index in [-0.39, 0.29) is 17.6 Å². The van der Waals surface area contributed by atoms with Gasteiger partial charge in [0.2, 0.25) is 11.8 Å². The van der Waals surface area contributed by atoms with Crippen molar-refractivity contribution in [3.05, 3.63) is 119 Å². The Bertz CT molecular complexity index is 1640. The number of amides is 2. The minimum Gasteiger partial charge on any atom is -0.358 e. The van der Waals surface area contributed by atoms with Crippen LogP contribution in [0.5, 0.6) is 0 Å². The first-order chi connectivity index (χ1) is 18.0. The van der Waals surface area contributed by atoms with Crippen molar-refractivity contribution in [1.82, 2.24) is 4.90 Å². The van der Waals surface area contributed by atoms with Crippen LogP contribution in [0.2, 0.25) is 5.02 Å². The third kappa shape index (κ3) is 3.14. The summed E-state index contributed by atoms with van der Waals surface area (Å²) in [6, 6.07) is 26.7. The molecule has 2 amide bonds. The van der Waals surface area contributed by atoms with Crippen LogP contribution >= 0.6 is 11.6 Å². The first-order valence-electron chi connectivity index (χ1n) is 12.2. The van der Waals surface area contributed by atoms with Crippen molar-refractivity contribution >= 4 is 51.7 Å². The first kappa shape index (κ1) is 22.0. The second-order valence-electron chi connectivity index (χ2n) is 9.71. The number of carbonyl (C=O) groups is 3. The molecule has 5 nitrogen and oxygen atoms in total. The normalized spacial score (nSPS) is 23.8. The summed E-state index contributed by atoms with van der Waals surface area (Å²) in [4.78, 5) is 45.6. The molecule has 0 bridgehead atoms.